The van der Waals surface area contributed by atoms with Crippen LogP contribution in [0.3, 0.4) is 0 Å². The molecule has 12 nitrogen and oxygen atoms in total. The Kier molecular flexibility index (Phi) is 18.0. The molecule has 0 radical (unpaired) electrons. The van der Waals surface area contributed by atoms with E-state index in [0.29, 0.717) is 100 Å². The van der Waals surface area contributed by atoms with Gasteiger partial charge in [-0.3, -0.25) is 9.59 Å². The first-order valence-corrected chi connectivity index (χ1v) is 24.8. The first-order chi connectivity index (χ1) is 28.1. The van der Waals surface area contributed by atoms with Crippen molar-refractivity contribution in [1.29, 1.82) is 0 Å². The standard InChI is InChI=1S/C45H73N3O9S2/c1-30(2)9-8-22-47-35-28-58-59-29-43(4,54)19-17-33(12-15-36(35)50)38(56-31(3)49)26-40(57-42(53)45-18-7-6-10-34(45)13-16-41(52)48-45)44(20-23-46-24-21-44)27-32-11-14-37(51)39(25-32)55-5/h11,14,25,30,33-36,38,40,46-47,50-51,54H,6-10,12-13,15-24,26-29H2,1-5H3,(H,48,52). The van der Waals surface area contributed by atoms with E-state index in [-0.39, 0.29) is 36.0 Å². The average Bonchev–Trinajstić information content (AvgIpc) is 3.19. The molecule has 8 atom stereocenters. The van der Waals surface area contributed by atoms with Crippen LogP contribution in [0.15, 0.2) is 18.2 Å². The molecule has 0 bridgehead atoms. The average molecular weight is 864 g/mol. The quantitative estimate of drug-likeness (QED) is 0.0645. The Hall–Kier alpha value is -2.23. The summed E-state index contributed by atoms with van der Waals surface area (Å²) >= 11 is 0. The Bertz CT molecular complexity index is 1530. The van der Waals surface area contributed by atoms with Gasteiger partial charge in [0.05, 0.1) is 18.8 Å². The molecule has 8 unspecified atom stereocenters. The minimum atomic E-state index is -1.11. The summed E-state index contributed by atoms with van der Waals surface area (Å²) in [5.74, 6) is 0.944. The summed E-state index contributed by atoms with van der Waals surface area (Å²) in [5.41, 5.74) is -1.76. The molecule has 5 rings (SSSR count). The van der Waals surface area contributed by atoms with Crippen LogP contribution < -0.4 is 20.7 Å². The molecule has 1 amide bonds. The van der Waals surface area contributed by atoms with Crippen molar-refractivity contribution in [3.63, 3.8) is 0 Å². The summed E-state index contributed by atoms with van der Waals surface area (Å²) in [5, 5.41) is 44.0. The number of methoxy groups -OCH3 is 1. The molecular formula is C45H73N3O9S2. The number of carbonyl (C=O) groups is 3. The third-order valence-electron chi connectivity index (χ3n) is 13.6. The fraction of sp³-hybridized carbons (Fsp3) is 0.800. The van der Waals surface area contributed by atoms with E-state index in [2.05, 4.69) is 29.8 Å². The number of aliphatic hydroxyl groups is 2. The minimum Gasteiger partial charge on any atom is -0.504 e. The van der Waals surface area contributed by atoms with Crippen molar-refractivity contribution < 1.29 is 43.9 Å². The summed E-state index contributed by atoms with van der Waals surface area (Å²) in [4.78, 5) is 41.1. The second kappa shape index (κ2) is 22.2. The second-order valence-corrected chi connectivity index (χ2v) is 21.2. The first-order valence-electron chi connectivity index (χ1n) is 22.3. The summed E-state index contributed by atoms with van der Waals surface area (Å²) in [6.45, 7) is 9.88. The molecule has 1 aromatic carbocycles. The third kappa shape index (κ3) is 13.4. The molecule has 1 aromatic rings. The molecular weight excluding hydrogens is 791 g/mol. The SMILES string of the molecule is COc1cc(CC2(C(CC(OC(C)=O)C3CCC(O)C(NCCCC(C)C)CSSCC(C)(O)CC3)OC(=O)C34CCCCC3CCC(=O)N4)CCNCC2)ccc1O. The van der Waals surface area contributed by atoms with Crippen molar-refractivity contribution in [1.82, 2.24) is 16.0 Å². The minimum absolute atomic E-state index is 0.0188. The number of phenolic OH excluding ortho intramolecular Hbond substituents is 1. The van der Waals surface area contributed by atoms with Crippen LogP contribution in [0.5, 0.6) is 11.5 Å². The van der Waals surface area contributed by atoms with Crippen molar-refractivity contribution in [3.05, 3.63) is 23.8 Å². The molecule has 0 spiro atoms. The van der Waals surface area contributed by atoms with Gasteiger partial charge in [0.25, 0.3) is 0 Å². The van der Waals surface area contributed by atoms with Crippen molar-refractivity contribution >= 4 is 39.4 Å². The number of aromatic hydroxyl groups is 1. The van der Waals surface area contributed by atoms with Gasteiger partial charge >= 0.3 is 11.9 Å². The van der Waals surface area contributed by atoms with Crippen LogP contribution in [-0.4, -0.2) is 107 Å². The number of piperidine rings is 2. The van der Waals surface area contributed by atoms with Crippen LogP contribution >= 0.6 is 21.6 Å². The predicted octanol–water partition coefficient (Wildman–Crippen LogP) is 6.46. The van der Waals surface area contributed by atoms with Gasteiger partial charge in [-0.05, 0) is 139 Å². The highest BCUT2D eigenvalue weighted by Gasteiger charge is 2.54. The highest BCUT2D eigenvalue weighted by Crippen LogP contribution is 2.46. The Labute approximate surface area is 360 Å². The number of benzene rings is 1. The van der Waals surface area contributed by atoms with Crippen molar-refractivity contribution in [2.24, 2.45) is 23.2 Å². The molecule has 59 heavy (non-hydrogen) atoms. The second-order valence-electron chi connectivity index (χ2n) is 18.7. The number of carbonyl (C=O) groups excluding carboxylic acids is 3. The Morgan fingerprint density at radius 3 is 2.53 bits per heavy atom. The molecule has 1 saturated carbocycles. The smallest absolute Gasteiger partial charge is 0.332 e. The van der Waals surface area contributed by atoms with E-state index in [1.54, 1.807) is 27.7 Å². The molecule has 0 aromatic heterocycles. The maximum absolute atomic E-state index is 14.9. The summed E-state index contributed by atoms with van der Waals surface area (Å²) < 4.78 is 18.7. The zero-order valence-electron chi connectivity index (χ0n) is 36.2. The van der Waals surface area contributed by atoms with Crippen molar-refractivity contribution in [2.75, 3.05) is 38.2 Å². The number of aliphatic hydroxyl groups excluding tert-OH is 1. The highest BCUT2D eigenvalue weighted by molar-refractivity contribution is 8.76. The molecule has 4 aliphatic rings. The maximum Gasteiger partial charge on any atom is 0.332 e. The van der Waals surface area contributed by atoms with Crippen LogP contribution in [0.2, 0.25) is 0 Å². The lowest BCUT2D eigenvalue weighted by Crippen LogP contribution is -2.65. The summed E-state index contributed by atoms with van der Waals surface area (Å²) in [6.07, 6.45) is 8.38. The molecule has 3 aliphatic heterocycles. The third-order valence-corrected chi connectivity index (χ3v) is 16.2. The summed E-state index contributed by atoms with van der Waals surface area (Å²) in [6, 6.07) is 5.19. The van der Waals surface area contributed by atoms with Crippen LogP contribution in [0.25, 0.3) is 0 Å². The first kappa shape index (κ1) is 47.8. The van der Waals surface area contributed by atoms with Gasteiger partial charge in [-0.15, -0.1) is 0 Å². The fourth-order valence-electron chi connectivity index (χ4n) is 10.00. The molecule has 334 valence electrons. The van der Waals surface area contributed by atoms with Crippen LogP contribution in [0.4, 0.5) is 0 Å². The molecule has 6 N–H and O–H groups in total. The number of amides is 1. The molecule has 4 fully saturated rings. The van der Waals surface area contributed by atoms with Gasteiger partial charge in [-0.1, -0.05) is 54.3 Å². The number of nitrogens with one attached hydrogen (secondary N) is 3. The lowest BCUT2D eigenvalue weighted by molar-refractivity contribution is -0.180. The van der Waals surface area contributed by atoms with E-state index >= 15 is 0 Å². The lowest BCUT2D eigenvalue weighted by atomic mass is 9.66. The zero-order valence-corrected chi connectivity index (χ0v) is 37.9. The van der Waals surface area contributed by atoms with Gasteiger partial charge < -0.3 is 45.5 Å². The highest BCUT2D eigenvalue weighted by atomic mass is 33.1. The monoisotopic (exact) mass is 863 g/mol. The number of rotatable bonds is 15. The van der Waals surface area contributed by atoms with Gasteiger partial charge in [-0.2, -0.15) is 0 Å². The number of hydrogen-bond donors (Lipinski definition) is 6. The fourth-order valence-corrected chi connectivity index (χ4v) is 12.8. The van der Waals surface area contributed by atoms with Gasteiger partial charge in [0.2, 0.25) is 5.91 Å². The maximum atomic E-state index is 14.9. The van der Waals surface area contributed by atoms with Crippen molar-refractivity contribution in [3.8, 4) is 11.5 Å². The number of fused-ring (bicyclic) bond motifs is 1. The van der Waals surface area contributed by atoms with Gasteiger partial charge in [-0.25, -0.2) is 4.79 Å². The molecule has 1 aliphatic carbocycles. The number of phenols is 1. The molecule has 3 heterocycles. The van der Waals surface area contributed by atoms with Crippen LogP contribution in [0, 0.1) is 23.2 Å². The van der Waals surface area contributed by atoms with Gasteiger partial charge in [0.15, 0.2) is 11.5 Å². The molecule has 3 saturated heterocycles. The Morgan fingerprint density at radius 2 is 1.80 bits per heavy atom. The summed E-state index contributed by atoms with van der Waals surface area (Å²) in [7, 11) is 4.82. The van der Waals surface area contributed by atoms with Crippen LogP contribution in [0.1, 0.15) is 130 Å². The van der Waals surface area contributed by atoms with E-state index < -0.39 is 46.8 Å². The largest absolute Gasteiger partial charge is 0.504 e. The molecule has 14 heteroatoms. The topological polar surface area (TPSA) is 176 Å². The van der Waals surface area contributed by atoms with Gasteiger partial charge in [0, 0.05) is 42.7 Å². The van der Waals surface area contributed by atoms with E-state index in [1.807, 2.05) is 19.1 Å². The van der Waals surface area contributed by atoms with E-state index in [9.17, 15) is 29.7 Å². The van der Waals surface area contributed by atoms with E-state index in [4.69, 9.17) is 14.2 Å². The zero-order chi connectivity index (χ0) is 42.6. The lowest BCUT2D eigenvalue weighted by Gasteiger charge is -2.49. The Balaban J connectivity index is 1.51. The Morgan fingerprint density at radius 1 is 1.02 bits per heavy atom. The normalized spacial score (nSPS) is 30.4. The van der Waals surface area contributed by atoms with Crippen LogP contribution in [-0.2, 0) is 30.3 Å². The van der Waals surface area contributed by atoms with Gasteiger partial charge in [0.1, 0.15) is 17.7 Å². The van der Waals surface area contributed by atoms with E-state index in [0.717, 1.165) is 44.2 Å². The predicted molar refractivity (Wildman–Crippen MR) is 234 cm³/mol. The number of esters is 2. The number of ether oxygens (including phenoxy) is 3. The number of hydrogen-bond acceptors (Lipinski definition) is 13. The van der Waals surface area contributed by atoms with Crippen molar-refractivity contribution in [2.45, 2.75) is 166 Å². The van der Waals surface area contributed by atoms with E-state index in [1.165, 1.54) is 14.0 Å².